The number of rotatable bonds is 4. The lowest BCUT2D eigenvalue weighted by atomic mass is 10.3. The van der Waals surface area contributed by atoms with Crippen molar-refractivity contribution in [2.45, 2.75) is 26.4 Å². The van der Waals surface area contributed by atoms with Crippen molar-refractivity contribution in [1.82, 2.24) is 9.55 Å². The Bertz CT molecular complexity index is 674. The molecule has 0 aliphatic heterocycles. The summed E-state index contributed by atoms with van der Waals surface area (Å²) in [6, 6.07) is 3.19. The molecule has 4 nitrogen and oxygen atoms in total. The summed E-state index contributed by atoms with van der Waals surface area (Å²) in [7, 11) is 1.86. The summed E-state index contributed by atoms with van der Waals surface area (Å²) in [4.78, 5) is 8.59. The second-order valence-corrected chi connectivity index (χ2v) is 6.11. The molecule has 0 spiro atoms. The highest BCUT2D eigenvalue weighted by Crippen LogP contribution is 2.36. The predicted octanol–water partition coefficient (Wildman–Crippen LogP) is 5.27. The second-order valence-electron chi connectivity index (χ2n) is 4.86. The first-order chi connectivity index (χ1) is 10.4. The van der Waals surface area contributed by atoms with Crippen molar-refractivity contribution in [3.63, 3.8) is 0 Å². The normalized spacial score (nSPS) is 13.3. The van der Waals surface area contributed by atoms with Crippen LogP contribution < -0.4 is 0 Å². The van der Waals surface area contributed by atoms with Crippen molar-refractivity contribution < 1.29 is 4.74 Å². The summed E-state index contributed by atoms with van der Waals surface area (Å²) in [5.74, 6) is 0.417. The van der Waals surface area contributed by atoms with E-state index in [0.29, 0.717) is 26.7 Å². The number of ether oxygens (including phenoxy) is 1. The smallest absolute Gasteiger partial charge is 0.240 e. The van der Waals surface area contributed by atoms with Crippen molar-refractivity contribution >= 4 is 46.4 Å². The zero-order valence-corrected chi connectivity index (χ0v) is 14.7. The van der Waals surface area contributed by atoms with E-state index in [4.69, 9.17) is 39.5 Å². The van der Waals surface area contributed by atoms with Crippen molar-refractivity contribution in [3.8, 4) is 0 Å². The van der Waals surface area contributed by atoms with Gasteiger partial charge in [-0.05, 0) is 25.5 Å². The molecule has 1 atom stereocenters. The molecule has 0 saturated heterocycles. The van der Waals surface area contributed by atoms with Crippen LogP contribution in [0.4, 0.5) is 5.69 Å². The van der Waals surface area contributed by atoms with Crippen LogP contribution in [-0.2, 0) is 11.8 Å². The first kappa shape index (κ1) is 17.1. The summed E-state index contributed by atoms with van der Waals surface area (Å²) in [6.45, 7) is 4.00. The molecule has 118 valence electrons. The van der Waals surface area contributed by atoms with Gasteiger partial charge in [0.15, 0.2) is 0 Å². The third kappa shape index (κ3) is 3.94. The van der Waals surface area contributed by atoms with E-state index < -0.39 is 0 Å². The van der Waals surface area contributed by atoms with Gasteiger partial charge in [-0.1, -0.05) is 41.7 Å². The second kappa shape index (κ2) is 7.36. The van der Waals surface area contributed by atoms with E-state index in [1.165, 1.54) is 0 Å². The molecule has 1 heterocycles. The topological polar surface area (TPSA) is 39.4 Å². The third-order valence-electron chi connectivity index (χ3n) is 3.12. The summed E-state index contributed by atoms with van der Waals surface area (Å²) in [5, 5.41) is 1.19. The SMILES string of the molecule is CCC(C)OC(=Nc1c(Cl)cc(Cl)cc1Cl)c1cncn1C. The maximum absolute atomic E-state index is 6.20. The van der Waals surface area contributed by atoms with Crippen LogP contribution in [-0.4, -0.2) is 21.6 Å². The number of aromatic nitrogens is 2. The Morgan fingerprint density at radius 1 is 1.32 bits per heavy atom. The summed E-state index contributed by atoms with van der Waals surface area (Å²) in [6.07, 6.45) is 4.20. The molecule has 1 unspecified atom stereocenters. The fraction of sp³-hybridized carbons (Fsp3) is 0.333. The van der Waals surface area contributed by atoms with Gasteiger partial charge in [-0.3, -0.25) is 0 Å². The van der Waals surface area contributed by atoms with Crippen LogP contribution in [0.15, 0.2) is 29.6 Å². The van der Waals surface area contributed by atoms with Gasteiger partial charge in [0.05, 0.1) is 28.7 Å². The lowest BCUT2D eigenvalue weighted by Crippen LogP contribution is -2.17. The van der Waals surface area contributed by atoms with E-state index >= 15 is 0 Å². The van der Waals surface area contributed by atoms with Crippen molar-refractivity contribution in [3.05, 3.63) is 45.4 Å². The Hall–Kier alpha value is -1.23. The minimum Gasteiger partial charge on any atom is -0.473 e. The largest absolute Gasteiger partial charge is 0.473 e. The number of hydrogen-bond donors (Lipinski definition) is 0. The van der Waals surface area contributed by atoms with Crippen LogP contribution in [0, 0.1) is 0 Å². The van der Waals surface area contributed by atoms with Gasteiger partial charge in [-0.25, -0.2) is 9.98 Å². The molecule has 1 aromatic carbocycles. The molecule has 0 aliphatic carbocycles. The van der Waals surface area contributed by atoms with Gasteiger partial charge in [0.2, 0.25) is 5.90 Å². The standard InChI is InChI=1S/C15H16Cl3N3O/c1-4-9(2)22-15(13-7-19-8-21(13)3)20-14-11(17)5-10(16)6-12(14)18/h5-9H,4H2,1-3H3. The highest BCUT2D eigenvalue weighted by molar-refractivity contribution is 6.41. The van der Waals surface area contributed by atoms with Crippen LogP contribution >= 0.6 is 34.8 Å². The number of imidazole rings is 1. The lowest BCUT2D eigenvalue weighted by Gasteiger charge is -2.15. The summed E-state index contributed by atoms with van der Waals surface area (Å²) < 4.78 is 7.73. The number of hydrogen-bond acceptors (Lipinski definition) is 3. The molecule has 0 amide bonds. The minimum atomic E-state index is -0.00139. The number of halogens is 3. The Kier molecular flexibility index (Phi) is 5.73. The zero-order chi connectivity index (χ0) is 16.3. The molecule has 2 rings (SSSR count). The zero-order valence-electron chi connectivity index (χ0n) is 12.5. The van der Waals surface area contributed by atoms with Crippen LogP contribution in [0.25, 0.3) is 0 Å². The molecule has 0 N–H and O–H groups in total. The number of aryl methyl sites for hydroxylation is 1. The first-order valence-electron chi connectivity index (χ1n) is 6.79. The highest BCUT2D eigenvalue weighted by Gasteiger charge is 2.16. The van der Waals surface area contributed by atoms with Crippen LogP contribution in [0.1, 0.15) is 26.0 Å². The average molecular weight is 361 g/mol. The lowest BCUT2D eigenvalue weighted by molar-refractivity contribution is 0.204. The molecule has 0 bridgehead atoms. The molecular formula is C15H16Cl3N3O. The van der Waals surface area contributed by atoms with Crippen LogP contribution in [0.2, 0.25) is 15.1 Å². The summed E-state index contributed by atoms with van der Waals surface area (Å²) >= 11 is 18.3. The van der Waals surface area contributed by atoms with Gasteiger partial charge in [-0.15, -0.1) is 0 Å². The van der Waals surface area contributed by atoms with Gasteiger partial charge in [0, 0.05) is 12.1 Å². The van der Waals surface area contributed by atoms with E-state index in [1.54, 1.807) is 24.7 Å². The predicted molar refractivity (Wildman–Crippen MR) is 91.7 cm³/mol. The van der Waals surface area contributed by atoms with Gasteiger partial charge < -0.3 is 9.30 Å². The van der Waals surface area contributed by atoms with Gasteiger partial charge >= 0.3 is 0 Å². The van der Waals surface area contributed by atoms with E-state index in [2.05, 4.69) is 9.98 Å². The molecular weight excluding hydrogens is 345 g/mol. The fourth-order valence-electron chi connectivity index (χ4n) is 1.72. The minimum absolute atomic E-state index is 0.00139. The molecule has 22 heavy (non-hydrogen) atoms. The Morgan fingerprint density at radius 3 is 2.45 bits per heavy atom. The Morgan fingerprint density at radius 2 is 1.95 bits per heavy atom. The number of aliphatic imine (C=N–C) groups is 1. The summed E-state index contributed by atoms with van der Waals surface area (Å²) in [5.41, 5.74) is 1.16. The van der Waals surface area contributed by atoms with Crippen LogP contribution in [0.3, 0.4) is 0 Å². The van der Waals surface area contributed by atoms with E-state index in [1.807, 2.05) is 25.5 Å². The molecule has 2 aromatic rings. The quantitative estimate of drug-likeness (QED) is 0.550. The average Bonchev–Trinajstić information content (AvgIpc) is 2.87. The van der Waals surface area contributed by atoms with E-state index in [0.717, 1.165) is 12.1 Å². The van der Waals surface area contributed by atoms with E-state index in [9.17, 15) is 0 Å². The first-order valence-corrected chi connectivity index (χ1v) is 7.92. The molecule has 7 heteroatoms. The molecule has 0 aliphatic rings. The van der Waals surface area contributed by atoms with Gasteiger partial charge in [0.25, 0.3) is 0 Å². The van der Waals surface area contributed by atoms with Crippen LogP contribution in [0.5, 0.6) is 0 Å². The van der Waals surface area contributed by atoms with Crippen molar-refractivity contribution in [1.29, 1.82) is 0 Å². The van der Waals surface area contributed by atoms with Gasteiger partial charge in [-0.2, -0.15) is 0 Å². The van der Waals surface area contributed by atoms with E-state index in [-0.39, 0.29) is 6.10 Å². The Balaban J connectivity index is 2.52. The van der Waals surface area contributed by atoms with Crippen molar-refractivity contribution in [2.24, 2.45) is 12.0 Å². The molecule has 0 fully saturated rings. The van der Waals surface area contributed by atoms with Crippen molar-refractivity contribution in [2.75, 3.05) is 0 Å². The highest BCUT2D eigenvalue weighted by atomic mass is 35.5. The van der Waals surface area contributed by atoms with Gasteiger partial charge in [0.1, 0.15) is 11.4 Å². The maximum Gasteiger partial charge on any atom is 0.240 e. The fourth-order valence-corrected chi connectivity index (χ4v) is 2.63. The molecule has 1 aromatic heterocycles. The number of benzene rings is 1. The maximum atomic E-state index is 6.20. The third-order valence-corrected chi connectivity index (χ3v) is 3.91. The molecule has 0 radical (unpaired) electrons. The molecule has 0 saturated carbocycles. The number of nitrogens with zero attached hydrogens (tertiary/aromatic N) is 3. The Labute approximate surface area is 144 Å². The monoisotopic (exact) mass is 359 g/mol.